The second-order valence-corrected chi connectivity index (χ2v) is 9.15. The van der Waals surface area contributed by atoms with Crippen molar-refractivity contribution in [2.45, 2.75) is 39.4 Å². The van der Waals surface area contributed by atoms with Gasteiger partial charge in [-0.2, -0.15) is 5.10 Å². The molecule has 0 radical (unpaired) electrons. The van der Waals surface area contributed by atoms with Crippen molar-refractivity contribution in [2.24, 2.45) is 0 Å². The zero-order chi connectivity index (χ0) is 25.6. The number of hydrogen-bond donors (Lipinski definition) is 1. The van der Waals surface area contributed by atoms with Crippen LogP contribution in [0.5, 0.6) is 0 Å². The second-order valence-electron chi connectivity index (χ2n) is 9.15. The van der Waals surface area contributed by atoms with Crippen molar-refractivity contribution in [3.8, 4) is 11.3 Å². The number of carbonyl (C=O) groups is 1. The van der Waals surface area contributed by atoms with Crippen LogP contribution in [0.2, 0.25) is 0 Å². The predicted octanol–water partition coefficient (Wildman–Crippen LogP) is 4.71. The zero-order valence-electron chi connectivity index (χ0n) is 20.8. The first-order chi connectivity index (χ1) is 18.1. The second kappa shape index (κ2) is 11.0. The number of aryl methyl sites for hydroxylation is 2. The maximum atomic E-state index is 12.8. The molecule has 3 aromatic carbocycles. The lowest BCUT2D eigenvalue weighted by Gasteiger charge is -2.08. The third-order valence-electron chi connectivity index (χ3n) is 6.41. The SMILES string of the molecule is Cc1cccc2c(=O)n(CCCC(=O)NCc3cn(Cc4ccccc4)nc3-c3ccccc3)cnc12. The summed E-state index contributed by atoms with van der Waals surface area (Å²) in [7, 11) is 0. The summed E-state index contributed by atoms with van der Waals surface area (Å²) in [6.07, 6.45) is 4.43. The minimum atomic E-state index is -0.0764. The van der Waals surface area contributed by atoms with E-state index in [4.69, 9.17) is 5.10 Å². The number of fused-ring (bicyclic) bond motifs is 1. The number of carbonyl (C=O) groups excluding carboxylic acids is 1. The predicted molar refractivity (Wildman–Crippen MR) is 145 cm³/mol. The van der Waals surface area contributed by atoms with E-state index in [1.807, 2.05) is 78.5 Å². The smallest absolute Gasteiger partial charge is 0.261 e. The van der Waals surface area contributed by atoms with Gasteiger partial charge in [0.1, 0.15) is 0 Å². The number of rotatable bonds is 9. The molecule has 37 heavy (non-hydrogen) atoms. The first-order valence-corrected chi connectivity index (χ1v) is 12.5. The van der Waals surface area contributed by atoms with Gasteiger partial charge in [0.05, 0.1) is 29.5 Å². The van der Waals surface area contributed by atoms with Gasteiger partial charge in [0.15, 0.2) is 0 Å². The molecule has 2 aromatic heterocycles. The first-order valence-electron chi connectivity index (χ1n) is 12.5. The molecule has 5 aromatic rings. The number of aromatic nitrogens is 4. The number of nitrogens with zero attached hydrogens (tertiary/aromatic N) is 4. The molecule has 0 aliphatic rings. The van der Waals surface area contributed by atoms with Crippen molar-refractivity contribution < 1.29 is 4.79 Å². The van der Waals surface area contributed by atoms with Crippen molar-refractivity contribution in [1.82, 2.24) is 24.6 Å². The number of nitrogens with one attached hydrogen (secondary N) is 1. The van der Waals surface area contributed by atoms with E-state index in [0.717, 1.165) is 33.5 Å². The van der Waals surface area contributed by atoms with Crippen molar-refractivity contribution in [2.75, 3.05) is 0 Å². The Morgan fingerprint density at radius 3 is 2.49 bits per heavy atom. The molecule has 7 nitrogen and oxygen atoms in total. The van der Waals surface area contributed by atoms with E-state index in [0.29, 0.717) is 37.9 Å². The summed E-state index contributed by atoms with van der Waals surface area (Å²) in [4.78, 5) is 29.9. The summed E-state index contributed by atoms with van der Waals surface area (Å²) in [6, 6.07) is 25.8. The maximum absolute atomic E-state index is 12.8. The molecule has 0 spiro atoms. The van der Waals surface area contributed by atoms with E-state index in [2.05, 4.69) is 22.4 Å². The summed E-state index contributed by atoms with van der Waals surface area (Å²) < 4.78 is 3.50. The van der Waals surface area contributed by atoms with Crippen LogP contribution in [0.4, 0.5) is 0 Å². The van der Waals surface area contributed by atoms with Gasteiger partial charge in [-0.3, -0.25) is 18.8 Å². The van der Waals surface area contributed by atoms with Gasteiger partial charge >= 0.3 is 0 Å². The first kappa shape index (κ1) is 24.2. The highest BCUT2D eigenvalue weighted by atomic mass is 16.1. The van der Waals surface area contributed by atoms with E-state index < -0.39 is 0 Å². The molecule has 5 rings (SSSR count). The van der Waals surface area contributed by atoms with Gasteiger partial charge < -0.3 is 5.32 Å². The van der Waals surface area contributed by atoms with Crippen LogP contribution in [0, 0.1) is 6.92 Å². The number of amides is 1. The van der Waals surface area contributed by atoms with Crippen LogP contribution in [-0.2, 0) is 24.4 Å². The fraction of sp³-hybridized carbons (Fsp3) is 0.200. The Morgan fingerprint density at radius 1 is 0.946 bits per heavy atom. The van der Waals surface area contributed by atoms with E-state index in [9.17, 15) is 9.59 Å². The molecule has 7 heteroatoms. The molecule has 0 aliphatic carbocycles. The van der Waals surface area contributed by atoms with Gasteiger partial charge in [-0.05, 0) is 30.5 Å². The molecule has 0 atom stereocenters. The molecule has 0 saturated heterocycles. The molecule has 2 heterocycles. The lowest BCUT2D eigenvalue weighted by Crippen LogP contribution is -2.25. The average molecular weight is 492 g/mol. The van der Waals surface area contributed by atoms with Gasteiger partial charge in [0, 0.05) is 36.8 Å². The molecule has 0 bridgehead atoms. The molecule has 0 saturated carbocycles. The monoisotopic (exact) mass is 491 g/mol. The lowest BCUT2D eigenvalue weighted by atomic mass is 10.1. The van der Waals surface area contributed by atoms with Crippen LogP contribution in [0.1, 0.15) is 29.5 Å². The highest BCUT2D eigenvalue weighted by Gasteiger charge is 2.13. The van der Waals surface area contributed by atoms with Gasteiger partial charge in [-0.15, -0.1) is 0 Å². The van der Waals surface area contributed by atoms with Crippen molar-refractivity contribution in [1.29, 1.82) is 0 Å². The number of benzene rings is 3. The van der Waals surface area contributed by atoms with Gasteiger partial charge in [0.25, 0.3) is 5.56 Å². The quantitative estimate of drug-likeness (QED) is 0.324. The summed E-state index contributed by atoms with van der Waals surface area (Å²) in [5, 5.41) is 8.45. The van der Waals surface area contributed by atoms with E-state index in [-0.39, 0.29) is 11.5 Å². The van der Waals surface area contributed by atoms with E-state index in [1.165, 1.54) is 0 Å². The third kappa shape index (κ3) is 5.67. The summed E-state index contributed by atoms with van der Waals surface area (Å²) in [6.45, 7) is 3.42. The highest BCUT2D eigenvalue weighted by molar-refractivity contribution is 5.80. The van der Waals surface area contributed by atoms with E-state index in [1.54, 1.807) is 17.0 Å². The largest absolute Gasteiger partial charge is 0.352 e. The van der Waals surface area contributed by atoms with Crippen LogP contribution < -0.4 is 10.9 Å². The zero-order valence-corrected chi connectivity index (χ0v) is 20.8. The fourth-order valence-corrected chi connectivity index (χ4v) is 4.47. The summed E-state index contributed by atoms with van der Waals surface area (Å²) in [5.41, 5.74) is 5.62. The topological polar surface area (TPSA) is 81.8 Å². The van der Waals surface area contributed by atoms with Crippen molar-refractivity contribution in [3.63, 3.8) is 0 Å². The highest BCUT2D eigenvalue weighted by Crippen LogP contribution is 2.22. The van der Waals surface area contributed by atoms with Gasteiger partial charge in [-0.1, -0.05) is 72.8 Å². The molecular weight excluding hydrogens is 462 g/mol. The third-order valence-corrected chi connectivity index (χ3v) is 6.41. The van der Waals surface area contributed by atoms with Gasteiger partial charge in [0.2, 0.25) is 5.91 Å². The average Bonchev–Trinajstić information content (AvgIpc) is 3.33. The fourth-order valence-electron chi connectivity index (χ4n) is 4.47. The van der Waals surface area contributed by atoms with Crippen LogP contribution in [0.15, 0.2) is 96.2 Å². The Labute approximate surface area is 215 Å². The van der Waals surface area contributed by atoms with E-state index >= 15 is 0 Å². The van der Waals surface area contributed by atoms with Crippen molar-refractivity contribution >= 4 is 16.8 Å². The van der Waals surface area contributed by atoms with Crippen LogP contribution in [-0.4, -0.2) is 25.2 Å². The Balaban J connectivity index is 1.23. The molecule has 0 unspecified atom stereocenters. The Bertz CT molecular complexity index is 1570. The maximum Gasteiger partial charge on any atom is 0.261 e. The molecule has 0 aliphatic heterocycles. The van der Waals surface area contributed by atoms with Gasteiger partial charge in [-0.25, -0.2) is 4.98 Å². The lowest BCUT2D eigenvalue weighted by molar-refractivity contribution is -0.121. The molecule has 1 N–H and O–H groups in total. The minimum Gasteiger partial charge on any atom is -0.352 e. The Hall–Kier alpha value is -4.52. The summed E-state index contributed by atoms with van der Waals surface area (Å²) in [5.74, 6) is -0.0625. The van der Waals surface area contributed by atoms with Crippen molar-refractivity contribution in [3.05, 3.63) is 118 Å². The van der Waals surface area contributed by atoms with Crippen LogP contribution >= 0.6 is 0 Å². The minimum absolute atomic E-state index is 0.0625. The molecule has 1 amide bonds. The number of hydrogen-bond acceptors (Lipinski definition) is 4. The van der Waals surface area contributed by atoms with Crippen LogP contribution in [0.3, 0.4) is 0 Å². The molecule has 0 fully saturated rings. The molecular formula is C30H29N5O2. The Morgan fingerprint density at radius 2 is 1.70 bits per heavy atom. The standard InChI is InChI=1S/C30H29N5O2/c1-22-10-8-15-26-28(22)32-21-34(30(26)37)17-9-16-27(36)31-18-25-20-35(19-23-11-4-2-5-12-23)33-29(25)24-13-6-3-7-14-24/h2-8,10-15,20-21H,9,16-19H2,1H3,(H,31,36). The normalized spacial score (nSPS) is 11.1. The molecule has 186 valence electrons. The van der Waals surface area contributed by atoms with Crippen LogP contribution in [0.25, 0.3) is 22.2 Å². The summed E-state index contributed by atoms with van der Waals surface area (Å²) >= 11 is 0. The number of para-hydroxylation sites is 1. The Kier molecular flexibility index (Phi) is 7.21.